The number of hydrogen-bond acceptors (Lipinski definition) is 4. The molecule has 5 heteroatoms. The Balaban J connectivity index is 3.01. The summed E-state index contributed by atoms with van der Waals surface area (Å²) in [4.78, 5) is 8.46. The van der Waals surface area contributed by atoms with E-state index in [2.05, 4.69) is 29.1 Å². The van der Waals surface area contributed by atoms with Crippen molar-refractivity contribution in [3.63, 3.8) is 0 Å². The number of anilines is 1. The van der Waals surface area contributed by atoms with Crippen molar-refractivity contribution < 1.29 is 5.11 Å². The Labute approximate surface area is 107 Å². The van der Waals surface area contributed by atoms with Crippen molar-refractivity contribution in [3.8, 4) is 0 Å². The van der Waals surface area contributed by atoms with Crippen molar-refractivity contribution in [1.82, 2.24) is 9.97 Å². The van der Waals surface area contributed by atoms with Gasteiger partial charge < -0.3 is 10.4 Å². The van der Waals surface area contributed by atoms with Crippen LogP contribution in [0, 0.1) is 13.8 Å². The van der Waals surface area contributed by atoms with Crippen LogP contribution in [0.4, 0.5) is 5.82 Å². The van der Waals surface area contributed by atoms with Gasteiger partial charge in [0.15, 0.2) is 0 Å². The molecule has 0 aliphatic carbocycles. The van der Waals surface area contributed by atoms with Crippen LogP contribution in [0.15, 0.2) is 0 Å². The minimum absolute atomic E-state index is 0.147. The maximum atomic E-state index is 9.09. The Bertz CT molecular complexity index is 398. The number of rotatable bonds is 5. The first-order valence-corrected chi connectivity index (χ1v) is 6.19. The molecule has 0 radical (unpaired) electrons. The molecule has 0 saturated heterocycles. The van der Waals surface area contributed by atoms with Crippen LogP contribution in [0.2, 0.25) is 5.15 Å². The fourth-order valence-electron chi connectivity index (χ4n) is 1.58. The largest absolute Gasteiger partial charge is 0.396 e. The fraction of sp³-hybridized carbons (Fsp3) is 0.667. The van der Waals surface area contributed by atoms with Crippen molar-refractivity contribution in [3.05, 3.63) is 16.5 Å². The number of nitrogens with zero attached hydrogens (tertiary/aromatic N) is 2. The summed E-state index contributed by atoms with van der Waals surface area (Å²) in [5.74, 6) is 1.39. The minimum Gasteiger partial charge on any atom is -0.396 e. The van der Waals surface area contributed by atoms with E-state index in [9.17, 15) is 0 Å². The van der Waals surface area contributed by atoms with Crippen LogP contribution in [0.25, 0.3) is 0 Å². The second-order valence-corrected chi connectivity index (χ2v) is 4.91. The summed E-state index contributed by atoms with van der Waals surface area (Å²) in [7, 11) is 0. The Morgan fingerprint density at radius 3 is 2.53 bits per heavy atom. The van der Waals surface area contributed by atoms with E-state index in [-0.39, 0.29) is 12.1 Å². The van der Waals surface area contributed by atoms with Gasteiger partial charge in [0.25, 0.3) is 0 Å². The monoisotopic (exact) mass is 257 g/mol. The first-order chi connectivity index (χ1) is 7.91. The van der Waals surface area contributed by atoms with Crippen molar-refractivity contribution >= 4 is 17.4 Å². The molecule has 17 heavy (non-hydrogen) atoms. The molecule has 0 spiro atoms. The molecule has 96 valence electrons. The predicted molar refractivity (Wildman–Crippen MR) is 70.5 cm³/mol. The number of aryl methyl sites for hydroxylation is 1. The van der Waals surface area contributed by atoms with Gasteiger partial charge in [0.05, 0.1) is 0 Å². The highest BCUT2D eigenvalue weighted by atomic mass is 35.5. The van der Waals surface area contributed by atoms with E-state index in [1.807, 2.05) is 13.8 Å². The smallest absolute Gasteiger partial charge is 0.137 e. The Morgan fingerprint density at radius 2 is 2.00 bits per heavy atom. The molecule has 1 rings (SSSR count). The van der Waals surface area contributed by atoms with Gasteiger partial charge in [-0.05, 0) is 33.6 Å². The van der Waals surface area contributed by atoms with Gasteiger partial charge in [-0.15, -0.1) is 0 Å². The number of halogens is 1. The highest BCUT2D eigenvalue weighted by Crippen LogP contribution is 2.25. The van der Waals surface area contributed by atoms with Crippen LogP contribution in [-0.2, 0) is 0 Å². The number of hydrogen-bond donors (Lipinski definition) is 2. The lowest BCUT2D eigenvalue weighted by atomic mass is 9.95. The van der Waals surface area contributed by atoms with Gasteiger partial charge >= 0.3 is 0 Å². The van der Waals surface area contributed by atoms with E-state index < -0.39 is 0 Å². The molecular formula is C12H20ClN3O. The van der Waals surface area contributed by atoms with E-state index in [1.54, 1.807) is 0 Å². The van der Waals surface area contributed by atoms with Crippen molar-refractivity contribution in [2.45, 2.75) is 46.1 Å². The summed E-state index contributed by atoms with van der Waals surface area (Å²) in [6.07, 6.45) is 1.57. The maximum Gasteiger partial charge on any atom is 0.137 e. The molecule has 1 aromatic rings. The van der Waals surface area contributed by atoms with E-state index in [1.165, 1.54) is 0 Å². The molecule has 0 aromatic carbocycles. The van der Waals surface area contributed by atoms with Crippen LogP contribution in [0.3, 0.4) is 0 Å². The third-order valence-corrected chi connectivity index (χ3v) is 3.43. The normalized spacial score (nSPS) is 14.5. The van der Waals surface area contributed by atoms with Crippen LogP contribution in [0.1, 0.15) is 38.1 Å². The molecule has 0 aliphatic heterocycles. The van der Waals surface area contributed by atoms with Crippen LogP contribution < -0.4 is 5.32 Å². The minimum atomic E-state index is -0.177. The van der Waals surface area contributed by atoms with Crippen LogP contribution in [-0.4, -0.2) is 27.2 Å². The summed E-state index contributed by atoms with van der Waals surface area (Å²) in [6, 6.07) is 0. The molecule has 0 aliphatic rings. The van der Waals surface area contributed by atoms with Gasteiger partial charge in [0.2, 0.25) is 0 Å². The fourth-order valence-corrected chi connectivity index (χ4v) is 1.79. The highest BCUT2D eigenvalue weighted by molar-refractivity contribution is 6.30. The van der Waals surface area contributed by atoms with E-state index in [0.29, 0.717) is 17.4 Å². The summed E-state index contributed by atoms with van der Waals surface area (Å²) in [5, 5.41) is 12.9. The van der Waals surface area contributed by atoms with Crippen molar-refractivity contribution in [2.75, 3.05) is 11.9 Å². The lowest BCUT2D eigenvalue weighted by Gasteiger charge is -2.30. The van der Waals surface area contributed by atoms with Gasteiger partial charge in [-0.1, -0.05) is 18.5 Å². The maximum absolute atomic E-state index is 9.09. The van der Waals surface area contributed by atoms with Gasteiger partial charge in [-0.2, -0.15) is 0 Å². The SMILES string of the molecule is CCC(C)(CCO)Nc1nc(C)nc(Cl)c1C. The standard InChI is InChI=1S/C12H20ClN3O/c1-5-12(4,6-7-17)16-11-8(2)10(13)14-9(3)15-11/h17H,5-7H2,1-4H3,(H,14,15,16). The Hall–Kier alpha value is -0.870. The summed E-state index contributed by atoms with van der Waals surface area (Å²) in [5.41, 5.74) is 0.666. The van der Waals surface area contributed by atoms with Crippen LogP contribution >= 0.6 is 11.6 Å². The van der Waals surface area contributed by atoms with Gasteiger partial charge in [-0.25, -0.2) is 9.97 Å². The Morgan fingerprint density at radius 1 is 1.35 bits per heavy atom. The van der Waals surface area contributed by atoms with Gasteiger partial charge in [-0.3, -0.25) is 0 Å². The molecule has 0 saturated carbocycles. The van der Waals surface area contributed by atoms with Gasteiger partial charge in [0, 0.05) is 17.7 Å². The lowest BCUT2D eigenvalue weighted by molar-refractivity contribution is 0.251. The molecule has 1 heterocycles. The summed E-state index contributed by atoms with van der Waals surface area (Å²) >= 11 is 6.03. The lowest BCUT2D eigenvalue weighted by Crippen LogP contribution is -2.35. The first-order valence-electron chi connectivity index (χ1n) is 5.81. The molecule has 0 fully saturated rings. The quantitative estimate of drug-likeness (QED) is 0.797. The predicted octanol–water partition coefficient (Wildman–Crippen LogP) is 2.71. The van der Waals surface area contributed by atoms with Crippen molar-refractivity contribution in [1.29, 1.82) is 0 Å². The second kappa shape index (κ2) is 5.65. The van der Waals surface area contributed by atoms with E-state index in [0.717, 1.165) is 17.8 Å². The number of nitrogens with one attached hydrogen (secondary N) is 1. The zero-order chi connectivity index (χ0) is 13.1. The van der Waals surface area contributed by atoms with E-state index >= 15 is 0 Å². The average Bonchev–Trinajstić information content (AvgIpc) is 2.25. The first kappa shape index (κ1) is 14.2. The Kier molecular flexibility index (Phi) is 4.71. The number of aliphatic hydroxyl groups is 1. The third kappa shape index (κ3) is 3.54. The molecule has 2 N–H and O–H groups in total. The zero-order valence-corrected chi connectivity index (χ0v) is 11.6. The molecule has 0 amide bonds. The molecular weight excluding hydrogens is 238 g/mol. The summed E-state index contributed by atoms with van der Waals surface area (Å²) < 4.78 is 0. The molecule has 1 atom stereocenters. The average molecular weight is 258 g/mol. The third-order valence-electron chi connectivity index (χ3n) is 3.06. The molecule has 1 aromatic heterocycles. The van der Waals surface area contributed by atoms with Crippen molar-refractivity contribution in [2.24, 2.45) is 0 Å². The molecule has 1 unspecified atom stereocenters. The number of aromatic nitrogens is 2. The van der Waals surface area contributed by atoms with Crippen LogP contribution in [0.5, 0.6) is 0 Å². The summed E-state index contributed by atoms with van der Waals surface area (Å²) in [6.45, 7) is 7.99. The zero-order valence-electron chi connectivity index (χ0n) is 10.8. The second-order valence-electron chi connectivity index (χ2n) is 4.55. The van der Waals surface area contributed by atoms with Gasteiger partial charge in [0.1, 0.15) is 16.8 Å². The van der Waals surface area contributed by atoms with E-state index in [4.69, 9.17) is 16.7 Å². The molecule has 0 bridgehead atoms. The molecule has 4 nitrogen and oxygen atoms in total. The highest BCUT2D eigenvalue weighted by Gasteiger charge is 2.23. The topological polar surface area (TPSA) is 58.0 Å². The number of aliphatic hydroxyl groups excluding tert-OH is 1.